The fourth-order valence-corrected chi connectivity index (χ4v) is 8.51. The number of benzene rings is 2. The van der Waals surface area contributed by atoms with Gasteiger partial charge in [0.2, 0.25) is 18.9 Å². The van der Waals surface area contributed by atoms with Crippen LogP contribution in [0.5, 0.6) is 0 Å². The van der Waals surface area contributed by atoms with Gasteiger partial charge in [-0.15, -0.1) is 23.5 Å². The van der Waals surface area contributed by atoms with Crippen molar-refractivity contribution in [2.45, 2.75) is 22.2 Å². The van der Waals surface area contributed by atoms with Gasteiger partial charge in [0.25, 0.3) is 5.91 Å². The Hall–Kier alpha value is -4.41. The highest BCUT2D eigenvalue weighted by molar-refractivity contribution is 8.05. The van der Waals surface area contributed by atoms with Gasteiger partial charge in [0.05, 0.1) is 11.6 Å². The molecular formula is C29H27N5O8S3. The van der Waals surface area contributed by atoms with E-state index in [2.05, 4.69) is 10.5 Å². The number of β-lactam (4-membered cyclic amide) rings is 1. The Bertz CT molecular complexity index is 1520. The molecule has 234 valence electrons. The number of oxime groups is 1. The Balaban J connectivity index is 1.25. The Labute approximate surface area is 270 Å². The van der Waals surface area contributed by atoms with Crippen LogP contribution < -0.4 is 11.1 Å². The lowest BCUT2D eigenvalue weighted by Crippen LogP contribution is -2.63. The zero-order valence-electron chi connectivity index (χ0n) is 23.4. The number of hydrogen-bond donors (Lipinski definition) is 3. The highest BCUT2D eigenvalue weighted by Crippen LogP contribution is 2.44. The van der Waals surface area contributed by atoms with E-state index in [-0.39, 0.29) is 34.3 Å². The lowest BCUT2D eigenvalue weighted by molar-refractivity contribution is -0.153. The molecule has 2 unspecified atom stereocenters. The first-order valence-corrected chi connectivity index (χ1v) is 16.5. The molecule has 13 nitrogen and oxygen atoms in total. The van der Waals surface area contributed by atoms with Crippen LogP contribution in [0.3, 0.4) is 0 Å². The summed E-state index contributed by atoms with van der Waals surface area (Å²) in [5, 5.41) is 16.5. The summed E-state index contributed by atoms with van der Waals surface area (Å²) in [5.41, 5.74) is 6.34. The van der Waals surface area contributed by atoms with Crippen LogP contribution in [0, 0.1) is 0 Å². The minimum Gasteiger partial charge on any atom is -0.477 e. The Morgan fingerprint density at radius 2 is 1.78 bits per heavy atom. The van der Waals surface area contributed by atoms with Crippen LogP contribution in [0.2, 0.25) is 0 Å². The zero-order chi connectivity index (χ0) is 31.9. The van der Waals surface area contributed by atoms with Crippen LogP contribution in [0.1, 0.15) is 17.2 Å². The molecule has 3 aliphatic rings. The third-order valence-electron chi connectivity index (χ3n) is 6.79. The molecule has 3 amide bonds. The molecule has 0 aromatic heterocycles. The van der Waals surface area contributed by atoms with Crippen molar-refractivity contribution in [3.05, 3.63) is 94.7 Å². The lowest BCUT2D eigenvalue weighted by Gasteiger charge is -2.48. The second-order valence-electron chi connectivity index (χ2n) is 9.56. The summed E-state index contributed by atoms with van der Waals surface area (Å²) in [6.07, 6.45) is 1.29. The van der Waals surface area contributed by atoms with Crippen molar-refractivity contribution >= 4 is 71.2 Å². The number of ether oxygens (including phenoxy) is 1. The summed E-state index contributed by atoms with van der Waals surface area (Å²) in [6.45, 7) is -0.622. The topological polar surface area (TPSA) is 181 Å². The number of aliphatic carboxylic acids is 1. The second kappa shape index (κ2) is 14.6. The monoisotopic (exact) mass is 669 g/mol. The molecule has 3 atom stereocenters. The molecule has 2 aromatic carbocycles. The first-order chi connectivity index (χ1) is 21.8. The van der Waals surface area contributed by atoms with Crippen molar-refractivity contribution < 1.29 is 38.7 Å². The number of nitrogens with two attached hydrogens (primary N) is 1. The van der Waals surface area contributed by atoms with Crippen molar-refractivity contribution in [3.63, 3.8) is 0 Å². The van der Waals surface area contributed by atoms with Crippen molar-refractivity contribution in [2.75, 3.05) is 18.2 Å². The third-order valence-corrected chi connectivity index (χ3v) is 10.4. The summed E-state index contributed by atoms with van der Waals surface area (Å²) >= 11 is 3.83. The Morgan fingerprint density at radius 1 is 1.11 bits per heavy atom. The van der Waals surface area contributed by atoms with Crippen molar-refractivity contribution in [1.82, 2.24) is 15.1 Å². The van der Waals surface area contributed by atoms with Crippen LogP contribution in [0.25, 0.3) is 0 Å². The predicted octanol–water partition coefficient (Wildman–Crippen LogP) is 2.04. The van der Waals surface area contributed by atoms with E-state index in [0.29, 0.717) is 12.2 Å². The van der Waals surface area contributed by atoms with Gasteiger partial charge >= 0.3 is 11.9 Å². The number of hydrogen-bond acceptors (Lipinski definition) is 12. The quantitative estimate of drug-likeness (QED) is 0.0877. The van der Waals surface area contributed by atoms with E-state index in [1.165, 1.54) is 34.5 Å². The van der Waals surface area contributed by atoms with E-state index in [9.17, 15) is 29.1 Å². The zero-order valence-corrected chi connectivity index (χ0v) is 25.8. The standard InChI is InChI=1S/C29H27N5O8S3/c30-25(37)22(32-41-13-21(36)42-23(17-7-3-1-4-8-17)18-9-5-2-6-10-18)20-14-44-29(31-15-35)33(20)16-45-24-26(38)34-19(28(39)40)11-12-43-27(24)34/h1-11,14-15,23-24,27,29H,12-13,16H2,(H2,30,37)(H,31,35)(H,39,40)/t24?,27-,29?/m0/s1. The highest BCUT2D eigenvalue weighted by Gasteiger charge is 2.52. The number of nitrogens with one attached hydrogen (secondary N) is 1. The van der Waals surface area contributed by atoms with Crippen LogP contribution in [0.15, 0.2) is 88.7 Å². The average Bonchev–Trinajstić information content (AvgIpc) is 3.43. The molecule has 1 saturated heterocycles. The first kappa shape index (κ1) is 32.0. The fraction of sp³-hybridized carbons (Fsp3) is 0.241. The number of thioether (sulfide) groups is 3. The normalized spacial score (nSPS) is 20.9. The number of carbonyl (C=O) groups is 5. The summed E-state index contributed by atoms with van der Waals surface area (Å²) < 4.78 is 5.71. The number of carboxylic acid groups (broad SMARTS) is 1. The maximum atomic E-state index is 12.8. The van der Waals surface area contributed by atoms with E-state index in [4.69, 9.17) is 15.3 Å². The molecule has 3 heterocycles. The minimum absolute atomic E-state index is 0.0453. The maximum Gasteiger partial charge on any atom is 0.352 e. The molecule has 3 aliphatic heterocycles. The van der Waals surface area contributed by atoms with E-state index >= 15 is 0 Å². The highest BCUT2D eigenvalue weighted by atomic mass is 32.2. The number of rotatable bonds is 14. The van der Waals surface area contributed by atoms with E-state index in [1.807, 2.05) is 60.7 Å². The SMILES string of the molecule is NC(=O)C(=NOCC(=O)OC(c1ccccc1)c1ccccc1)C1=CSC(NC=O)N1CSC1C(=O)N2C(C(=O)O)=CCS[C@@H]12. The number of esters is 1. The van der Waals surface area contributed by atoms with Gasteiger partial charge < -0.3 is 30.6 Å². The molecule has 0 aliphatic carbocycles. The molecule has 2 aromatic rings. The third kappa shape index (κ3) is 7.13. The maximum absolute atomic E-state index is 12.8. The molecule has 45 heavy (non-hydrogen) atoms. The molecular weight excluding hydrogens is 643 g/mol. The van der Waals surface area contributed by atoms with Gasteiger partial charge in [-0.3, -0.25) is 19.3 Å². The molecule has 0 spiro atoms. The van der Waals surface area contributed by atoms with E-state index in [1.54, 1.807) is 10.3 Å². The molecule has 5 rings (SSSR count). The Kier molecular flexibility index (Phi) is 10.4. The van der Waals surface area contributed by atoms with Gasteiger partial charge in [-0.05, 0) is 17.2 Å². The van der Waals surface area contributed by atoms with Gasteiger partial charge in [0.1, 0.15) is 16.3 Å². The van der Waals surface area contributed by atoms with Crippen LogP contribution >= 0.6 is 35.3 Å². The average molecular weight is 670 g/mol. The van der Waals surface area contributed by atoms with Gasteiger partial charge in [-0.25, -0.2) is 9.59 Å². The molecule has 4 N–H and O–H groups in total. The fourth-order valence-electron chi connectivity index (χ4n) is 4.71. The van der Waals surface area contributed by atoms with Crippen molar-refractivity contribution in [3.8, 4) is 0 Å². The van der Waals surface area contributed by atoms with E-state index < -0.39 is 41.3 Å². The molecule has 0 bridgehead atoms. The van der Waals surface area contributed by atoms with Gasteiger partial charge in [-0.2, -0.15) is 0 Å². The first-order valence-electron chi connectivity index (χ1n) is 13.4. The van der Waals surface area contributed by atoms with Crippen molar-refractivity contribution in [1.29, 1.82) is 0 Å². The van der Waals surface area contributed by atoms with Gasteiger partial charge in [0.15, 0.2) is 17.3 Å². The smallest absolute Gasteiger partial charge is 0.352 e. The van der Waals surface area contributed by atoms with Crippen LogP contribution in [0.4, 0.5) is 0 Å². The molecule has 0 saturated carbocycles. The predicted molar refractivity (Wildman–Crippen MR) is 169 cm³/mol. The second-order valence-corrected chi connectivity index (χ2v) is 12.8. The number of carbonyl (C=O) groups excluding carboxylic acids is 4. The number of carboxylic acids is 1. The Morgan fingerprint density at radius 3 is 2.38 bits per heavy atom. The number of nitrogens with zero attached hydrogens (tertiary/aromatic N) is 3. The minimum atomic E-state index is -1.17. The van der Waals surface area contributed by atoms with Crippen LogP contribution in [-0.4, -0.2) is 85.1 Å². The van der Waals surface area contributed by atoms with Crippen molar-refractivity contribution in [2.24, 2.45) is 10.9 Å². The molecule has 1 fully saturated rings. The van der Waals surface area contributed by atoms with Crippen LogP contribution in [-0.2, 0) is 33.5 Å². The summed E-state index contributed by atoms with van der Waals surface area (Å²) in [6, 6.07) is 18.4. The largest absolute Gasteiger partial charge is 0.477 e. The number of primary amides is 1. The summed E-state index contributed by atoms with van der Waals surface area (Å²) in [7, 11) is 0. The molecule has 0 radical (unpaired) electrons. The van der Waals surface area contributed by atoms with Gasteiger partial charge in [-0.1, -0.05) is 77.6 Å². The lowest BCUT2D eigenvalue weighted by atomic mass is 10.0. The van der Waals surface area contributed by atoms with Gasteiger partial charge in [0, 0.05) is 11.2 Å². The number of fused-ring (bicyclic) bond motifs is 1. The summed E-state index contributed by atoms with van der Waals surface area (Å²) in [4.78, 5) is 69.0. The molecule has 16 heteroatoms. The summed E-state index contributed by atoms with van der Waals surface area (Å²) in [5.74, 6) is -2.65. The van der Waals surface area contributed by atoms with E-state index in [0.717, 1.165) is 22.9 Å². The number of amides is 3.